The fourth-order valence-corrected chi connectivity index (χ4v) is 5.01. The van der Waals surface area contributed by atoms with E-state index in [2.05, 4.69) is 28.2 Å². The van der Waals surface area contributed by atoms with Gasteiger partial charge in [0.05, 0.1) is 34.5 Å². The van der Waals surface area contributed by atoms with Crippen molar-refractivity contribution in [1.29, 1.82) is 0 Å². The first-order valence-electron chi connectivity index (χ1n) is 9.34. The zero-order chi connectivity index (χ0) is 18.2. The van der Waals surface area contributed by atoms with Crippen LogP contribution in [0.25, 0.3) is 21.0 Å². The Morgan fingerprint density at radius 1 is 1.07 bits per heavy atom. The molecule has 0 saturated carbocycles. The van der Waals surface area contributed by atoms with Gasteiger partial charge in [0, 0.05) is 11.9 Å². The molecule has 1 aliphatic heterocycles. The summed E-state index contributed by atoms with van der Waals surface area (Å²) in [7, 11) is 0. The van der Waals surface area contributed by atoms with E-state index in [9.17, 15) is 4.79 Å². The van der Waals surface area contributed by atoms with Crippen LogP contribution in [-0.4, -0.2) is 26.2 Å². The van der Waals surface area contributed by atoms with Crippen LogP contribution in [0.15, 0.2) is 59.5 Å². The highest BCUT2D eigenvalue weighted by atomic mass is 32.1. The highest BCUT2D eigenvalue weighted by Crippen LogP contribution is 2.35. The summed E-state index contributed by atoms with van der Waals surface area (Å²) < 4.78 is 2.81. The fraction of sp³-hybridized carbons (Fsp3) is 0.286. The normalized spacial score (nSPS) is 18.3. The maximum absolute atomic E-state index is 12.8. The molecular formula is C21H20N4OS. The Morgan fingerprint density at radius 3 is 2.85 bits per heavy atom. The lowest BCUT2D eigenvalue weighted by molar-refractivity contribution is 0.102. The number of rotatable bonds is 3. The first-order valence-corrected chi connectivity index (χ1v) is 10.2. The van der Waals surface area contributed by atoms with E-state index in [0.29, 0.717) is 6.67 Å². The average Bonchev–Trinajstić information content (AvgIpc) is 3.15. The van der Waals surface area contributed by atoms with E-state index in [-0.39, 0.29) is 11.6 Å². The van der Waals surface area contributed by atoms with Crippen molar-refractivity contribution in [2.45, 2.75) is 32.0 Å². The van der Waals surface area contributed by atoms with Gasteiger partial charge in [-0.3, -0.25) is 9.69 Å². The van der Waals surface area contributed by atoms with Crippen LogP contribution < -0.4 is 5.56 Å². The second kappa shape index (κ2) is 6.87. The van der Waals surface area contributed by atoms with Crippen molar-refractivity contribution in [2.24, 2.45) is 0 Å². The van der Waals surface area contributed by atoms with Crippen molar-refractivity contribution in [3.8, 4) is 0 Å². The first kappa shape index (κ1) is 16.6. The minimum absolute atomic E-state index is 0.0262. The molecule has 1 aliphatic rings. The molecule has 3 heterocycles. The minimum Gasteiger partial charge on any atom is -0.275 e. The molecule has 0 amide bonds. The molecule has 1 atom stereocenters. The third kappa shape index (κ3) is 3.05. The van der Waals surface area contributed by atoms with Crippen molar-refractivity contribution in [1.82, 2.24) is 19.7 Å². The standard InChI is InChI=1S/C21H20N4OS/c26-21-16-8-2-1-7-15(16)13-22-25(21)14-24-12-6-5-10-18(24)20-23-17-9-3-4-11-19(17)27-20/h1-4,7-9,11,13,18H,5-6,10,12,14H2. The van der Waals surface area contributed by atoms with Gasteiger partial charge in [-0.1, -0.05) is 36.8 Å². The molecule has 4 aromatic rings. The molecule has 0 N–H and O–H groups in total. The molecule has 1 unspecified atom stereocenters. The maximum Gasteiger partial charge on any atom is 0.275 e. The maximum atomic E-state index is 12.8. The Bertz CT molecular complexity index is 1130. The molecule has 6 heteroatoms. The summed E-state index contributed by atoms with van der Waals surface area (Å²) in [6, 6.07) is 16.2. The highest BCUT2D eigenvalue weighted by molar-refractivity contribution is 7.18. The van der Waals surface area contributed by atoms with Crippen molar-refractivity contribution < 1.29 is 0 Å². The smallest absolute Gasteiger partial charge is 0.275 e. The molecule has 0 spiro atoms. The van der Waals surface area contributed by atoms with Gasteiger partial charge in [0.1, 0.15) is 5.01 Å². The summed E-state index contributed by atoms with van der Waals surface area (Å²) in [6.45, 7) is 1.46. The lowest BCUT2D eigenvalue weighted by Crippen LogP contribution is -2.39. The van der Waals surface area contributed by atoms with E-state index in [1.807, 2.05) is 30.3 Å². The van der Waals surface area contributed by atoms with Crippen molar-refractivity contribution in [3.05, 3.63) is 70.1 Å². The van der Waals surface area contributed by atoms with E-state index in [1.165, 1.54) is 11.1 Å². The third-order valence-electron chi connectivity index (χ3n) is 5.29. The van der Waals surface area contributed by atoms with Gasteiger partial charge in [-0.05, 0) is 31.0 Å². The number of nitrogens with zero attached hydrogens (tertiary/aromatic N) is 4. The minimum atomic E-state index is -0.0262. The van der Waals surface area contributed by atoms with Gasteiger partial charge in [-0.15, -0.1) is 11.3 Å². The number of hydrogen-bond donors (Lipinski definition) is 0. The molecule has 0 radical (unpaired) electrons. The Morgan fingerprint density at radius 2 is 1.93 bits per heavy atom. The number of likely N-dealkylation sites (tertiary alicyclic amines) is 1. The number of thiazole rings is 1. The van der Waals surface area contributed by atoms with E-state index in [4.69, 9.17) is 4.98 Å². The van der Waals surface area contributed by atoms with Crippen molar-refractivity contribution in [2.75, 3.05) is 6.54 Å². The van der Waals surface area contributed by atoms with Crippen molar-refractivity contribution in [3.63, 3.8) is 0 Å². The molecule has 2 aromatic carbocycles. The molecule has 5 rings (SSSR count). The molecule has 0 bridgehead atoms. The lowest BCUT2D eigenvalue weighted by Gasteiger charge is -2.34. The van der Waals surface area contributed by atoms with Crippen LogP contribution in [-0.2, 0) is 6.67 Å². The Labute approximate surface area is 160 Å². The van der Waals surface area contributed by atoms with E-state index in [1.54, 1.807) is 22.2 Å². The molecule has 2 aromatic heterocycles. The molecule has 5 nitrogen and oxygen atoms in total. The average molecular weight is 376 g/mol. The van der Waals surface area contributed by atoms with Crippen LogP contribution in [0.1, 0.15) is 30.3 Å². The van der Waals surface area contributed by atoms with E-state index in [0.717, 1.165) is 40.7 Å². The van der Waals surface area contributed by atoms with Crippen LogP contribution in [0.3, 0.4) is 0 Å². The third-order valence-corrected chi connectivity index (χ3v) is 6.42. The highest BCUT2D eigenvalue weighted by Gasteiger charge is 2.27. The molecule has 27 heavy (non-hydrogen) atoms. The summed E-state index contributed by atoms with van der Waals surface area (Å²) in [5, 5.41) is 7.17. The molecule has 1 saturated heterocycles. The van der Waals surface area contributed by atoms with Gasteiger partial charge in [-0.25, -0.2) is 9.67 Å². The first-order chi connectivity index (χ1) is 13.3. The van der Waals surface area contributed by atoms with E-state index >= 15 is 0 Å². The zero-order valence-corrected chi connectivity index (χ0v) is 15.7. The van der Waals surface area contributed by atoms with Crippen LogP contribution in [0, 0.1) is 0 Å². The number of para-hydroxylation sites is 1. The Hall–Kier alpha value is -2.57. The van der Waals surface area contributed by atoms with Gasteiger partial charge in [0.25, 0.3) is 5.56 Å². The molecule has 0 aliphatic carbocycles. The molecule has 1 fully saturated rings. The summed E-state index contributed by atoms with van der Waals surface area (Å²) in [5.74, 6) is 0. The fourth-order valence-electron chi connectivity index (χ4n) is 3.87. The van der Waals surface area contributed by atoms with Gasteiger partial charge in [0.2, 0.25) is 0 Å². The summed E-state index contributed by atoms with van der Waals surface area (Å²) >= 11 is 1.76. The topological polar surface area (TPSA) is 51.0 Å². The Balaban J connectivity index is 1.49. The molecular weight excluding hydrogens is 356 g/mol. The zero-order valence-electron chi connectivity index (χ0n) is 14.9. The van der Waals surface area contributed by atoms with E-state index < -0.39 is 0 Å². The van der Waals surface area contributed by atoms with Crippen LogP contribution in [0.4, 0.5) is 0 Å². The van der Waals surface area contributed by atoms with Gasteiger partial charge in [-0.2, -0.15) is 5.10 Å². The van der Waals surface area contributed by atoms with Crippen LogP contribution >= 0.6 is 11.3 Å². The second-order valence-corrected chi connectivity index (χ2v) is 8.08. The number of fused-ring (bicyclic) bond motifs is 2. The van der Waals surface area contributed by atoms with Gasteiger partial charge >= 0.3 is 0 Å². The largest absolute Gasteiger partial charge is 0.275 e. The summed E-state index contributed by atoms with van der Waals surface area (Å²) in [4.78, 5) is 20.1. The lowest BCUT2D eigenvalue weighted by atomic mass is 10.0. The number of benzene rings is 2. The number of hydrogen-bond acceptors (Lipinski definition) is 5. The van der Waals surface area contributed by atoms with Gasteiger partial charge in [0.15, 0.2) is 0 Å². The van der Waals surface area contributed by atoms with Gasteiger partial charge < -0.3 is 0 Å². The SMILES string of the molecule is O=c1c2ccccc2cnn1CN1CCCCC1c1nc2ccccc2s1. The predicted octanol–water partition coefficient (Wildman–Crippen LogP) is 4.19. The summed E-state index contributed by atoms with van der Waals surface area (Å²) in [5.41, 5.74) is 1.03. The van der Waals surface area contributed by atoms with Crippen LogP contribution in [0.2, 0.25) is 0 Å². The van der Waals surface area contributed by atoms with Crippen LogP contribution in [0.5, 0.6) is 0 Å². The monoisotopic (exact) mass is 376 g/mol. The summed E-state index contributed by atoms with van der Waals surface area (Å²) in [6.07, 6.45) is 5.19. The Kier molecular flexibility index (Phi) is 4.22. The number of piperidine rings is 1. The quantitative estimate of drug-likeness (QED) is 0.538. The molecule has 136 valence electrons. The predicted molar refractivity (Wildman–Crippen MR) is 109 cm³/mol. The second-order valence-electron chi connectivity index (χ2n) is 7.02. The van der Waals surface area contributed by atoms with Crippen molar-refractivity contribution >= 4 is 32.3 Å². The number of aromatic nitrogens is 3.